The predicted molar refractivity (Wildman–Crippen MR) is 92.6 cm³/mol. The Morgan fingerprint density at radius 2 is 1.96 bits per heavy atom. The molecular formula is C19H26N4O. The first-order valence-electron chi connectivity index (χ1n) is 9.18. The topological polar surface area (TPSA) is 54.2 Å². The first kappa shape index (κ1) is 15.8. The third-order valence-corrected chi connectivity index (χ3v) is 5.37. The summed E-state index contributed by atoms with van der Waals surface area (Å²) in [6.45, 7) is 4.27. The van der Waals surface area contributed by atoms with Crippen molar-refractivity contribution in [1.29, 1.82) is 0 Å². The summed E-state index contributed by atoms with van der Waals surface area (Å²) in [7, 11) is 0. The molecule has 0 aliphatic carbocycles. The van der Waals surface area contributed by atoms with Gasteiger partial charge in [-0.1, -0.05) is 35.5 Å². The van der Waals surface area contributed by atoms with Crippen LogP contribution in [0, 0.1) is 5.92 Å². The fourth-order valence-corrected chi connectivity index (χ4v) is 4.02. The van der Waals surface area contributed by atoms with E-state index in [2.05, 4.69) is 32.5 Å². The van der Waals surface area contributed by atoms with Crippen LogP contribution in [0.5, 0.6) is 0 Å². The van der Waals surface area contributed by atoms with Gasteiger partial charge in [0, 0.05) is 12.5 Å². The van der Waals surface area contributed by atoms with E-state index in [1.165, 1.54) is 37.8 Å². The minimum atomic E-state index is 0.736. The number of hydrogen-bond donors (Lipinski definition) is 1. The molecule has 5 nitrogen and oxygen atoms in total. The fraction of sp³-hybridized carbons (Fsp3) is 0.579. The Bertz CT molecular complexity index is 628. The lowest BCUT2D eigenvalue weighted by molar-refractivity contribution is 0.143. The zero-order valence-electron chi connectivity index (χ0n) is 14.2. The lowest BCUT2D eigenvalue weighted by atomic mass is 9.88. The molecule has 1 atom stereocenters. The molecule has 128 valence electrons. The number of likely N-dealkylation sites (tertiary alicyclic amines) is 1. The molecule has 24 heavy (non-hydrogen) atoms. The summed E-state index contributed by atoms with van der Waals surface area (Å²) in [5, 5.41) is 7.79. The van der Waals surface area contributed by atoms with Crippen molar-refractivity contribution in [2.75, 3.05) is 19.6 Å². The van der Waals surface area contributed by atoms with E-state index in [9.17, 15) is 0 Å². The molecule has 2 aliphatic rings. The van der Waals surface area contributed by atoms with Gasteiger partial charge in [0.15, 0.2) is 5.82 Å². The molecule has 0 saturated carbocycles. The molecule has 4 rings (SSSR count). The molecule has 2 fully saturated rings. The summed E-state index contributed by atoms with van der Waals surface area (Å²) in [4.78, 5) is 7.01. The summed E-state index contributed by atoms with van der Waals surface area (Å²) in [5.74, 6) is 2.37. The molecule has 1 N–H and O–H groups in total. The largest absolute Gasteiger partial charge is 0.338 e. The molecule has 2 aliphatic heterocycles. The Kier molecular flexibility index (Phi) is 4.90. The highest BCUT2D eigenvalue weighted by Crippen LogP contribution is 2.26. The second-order valence-corrected chi connectivity index (χ2v) is 7.08. The summed E-state index contributed by atoms with van der Waals surface area (Å²) in [5.41, 5.74) is 1.22. The van der Waals surface area contributed by atoms with Gasteiger partial charge >= 0.3 is 0 Å². The number of benzene rings is 1. The van der Waals surface area contributed by atoms with Gasteiger partial charge in [-0.15, -0.1) is 0 Å². The van der Waals surface area contributed by atoms with Crippen molar-refractivity contribution in [1.82, 2.24) is 20.4 Å². The highest BCUT2D eigenvalue weighted by Gasteiger charge is 2.28. The average molecular weight is 326 g/mol. The van der Waals surface area contributed by atoms with Crippen LogP contribution in [0.1, 0.15) is 43.0 Å². The van der Waals surface area contributed by atoms with Crippen LogP contribution in [0.2, 0.25) is 0 Å². The molecule has 5 heteroatoms. The molecule has 0 amide bonds. The van der Waals surface area contributed by atoms with E-state index in [0.29, 0.717) is 0 Å². The van der Waals surface area contributed by atoms with Crippen molar-refractivity contribution in [3.05, 3.63) is 47.6 Å². The maximum absolute atomic E-state index is 5.45. The third-order valence-electron chi connectivity index (χ3n) is 5.37. The predicted octanol–water partition coefficient (Wildman–Crippen LogP) is 2.62. The van der Waals surface area contributed by atoms with Gasteiger partial charge in [0.25, 0.3) is 0 Å². The van der Waals surface area contributed by atoms with Crippen LogP contribution in [0.3, 0.4) is 0 Å². The monoisotopic (exact) mass is 326 g/mol. The molecule has 2 aromatic rings. The van der Waals surface area contributed by atoms with Crippen LogP contribution >= 0.6 is 0 Å². The highest BCUT2D eigenvalue weighted by atomic mass is 16.5. The van der Waals surface area contributed by atoms with Crippen LogP contribution in [-0.2, 0) is 13.0 Å². The Morgan fingerprint density at radius 1 is 1.12 bits per heavy atom. The van der Waals surface area contributed by atoms with E-state index in [-0.39, 0.29) is 0 Å². The molecule has 1 aromatic heterocycles. The highest BCUT2D eigenvalue weighted by molar-refractivity contribution is 5.18. The lowest BCUT2D eigenvalue weighted by Gasteiger charge is -2.34. The molecule has 0 radical (unpaired) electrons. The Balaban J connectivity index is 1.27. The molecule has 1 unspecified atom stereocenters. The van der Waals surface area contributed by atoms with Gasteiger partial charge in [0.05, 0.1) is 6.54 Å². The van der Waals surface area contributed by atoms with Gasteiger partial charge in [0.2, 0.25) is 5.89 Å². The van der Waals surface area contributed by atoms with E-state index >= 15 is 0 Å². The zero-order valence-corrected chi connectivity index (χ0v) is 14.2. The fourth-order valence-electron chi connectivity index (χ4n) is 4.02. The SMILES string of the molecule is c1ccc(Cc2noc(CN3CCC(C4CCCN4)CC3)n2)cc1. The van der Waals surface area contributed by atoms with E-state index in [0.717, 1.165) is 49.7 Å². The number of rotatable bonds is 5. The normalized spacial score (nSPS) is 22.9. The quantitative estimate of drug-likeness (QED) is 0.915. The van der Waals surface area contributed by atoms with Crippen LogP contribution in [-0.4, -0.2) is 40.7 Å². The van der Waals surface area contributed by atoms with Crippen LogP contribution < -0.4 is 5.32 Å². The van der Waals surface area contributed by atoms with Gasteiger partial charge in [-0.3, -0.25) is 4.90 Å². The number of nitrogens with one attached hydrogen (secondary N) is 1. The molecule has 3 heterocycles. The van der Waals surface area contributed by atoms with Crippen molar-refractivity contribution in [3.63, 3.8) is 0 Å². The van der Waals surface area contributed by atoms with Crippen molar-refractivity contribution in [2.24, 2.45) is 5.92 Å². The Morgan fingerprint density at radius 3 is 2.71 bits per heavy atom. The van der Waals surface area contributed by atoms with E-state index in [4.69, 9.17) is 4.52 Å². The van der Waals surface area contributed by atoms with Crippen molar-refractivity contribution < 1.29 is 4.52 Å². The Hall–Kier alpha value is -1.72. The zero-order chi connectivity index (χ0) is 16.2. The van der Waals surface area contributed by atoms with Crippen LogP contribution in [0.25, 0.3) is 0 Å². The average Bonchev–Trinajstić information content (AvgIpc) is 3.29. The summed E-state index contributed by atoms with van der Waals surface area (Å²) >= 11 is 0. The maximum atomic E-state index is 5.45. The second-order valence-electron chi connectivity index (χ2n) is 7.08. The summed E-state index contributed by atoms with van der Waals surface area (Å²) in [6.07, 6.45) is 6.00. The van der Waals surface area contributed by atoms with Crippen molar-refractivity contribution >= 4 is 0 Å². The molecule has 2 saturated heterocycles. The number of piperidine rings is 1. The van der Waals surface area contributed by atoms with E-state index in [1.807, 2.05) is 18.2 Å². The first-order valence-corrected chi connectivity index (χ1v) is 9.18. The van der Waals surface area contributed by atoms with E-state index in [1.54, 1.807) is 0 Å². The molecule has 1 aromatic carbocycles. The van der Waals surface area contributed by atoms with Gasteiger partial charge in [-0.05, 0) is 56.8 Å². The standard InChI is InChI=1S/C19H26N4O/c1-2-5-15(6-3-1)13-18-21-19(24-22-18)14-23-11-8-16(9-12-23)17-7-4-10-20-17/h1-3,5-6,16-17,20H,4,7-14H2. The van der Waals surface area contributed by atoms with Gasteiger partial charge in [-0.25, -0.2) is 0 Å². The Labute approximate surface area is 143 Å². The summed E-state index contributed by atoms with van der Waals surface area (Å²) in [6, 6.07) is 11.1. The second kappa shape index (κ2) is 7.45. The van der Waals surface area contributed by atoms with Crippen LogP contribution in [0.15, 0.2) is 34.9 Å². The minimum Gasteiger partial charge on any atom is -0.338 e. The van der Waals surface area contributed by atoms with Gasteiger partial charge in [0.1, 0.15) is 0 Å². The summed E-state index contributed by atoms with van der Waals surface area (Å²) < 4.78 is 5.45. The van der Waals surface area contributed by atoms with E-state index < -0.39 is 0 Å². The van der Waals surface area contributed by atoms with Crippen molar-refractivity contribution in [3.8, 4) is 0 Å². The maximum Gasteiger partial charge on any atom is 0.240 e. The van der Waals surface area contributed by atoms with Gasteiger partial charge < -0.3 is 9.84 Å². The number of nitrogens with zero attached hydrogens (tertiary/aromatic N) is 3. The minimum absolute atomic E-state index is 0.736. The third kappa shape index (κ3) is 3.84. The molecular weight excluding hydrogens is 300 g/mol. The van der Waals surface area contributed by atoms with Gasteiger partial charge in [-0.2, -0.15) is 4.98 Å². The molecule has 0 spiro atoms. The van der Waals surface area contributed by atoms with Crippen molar-refractivity contribution in [2.45, 2.75) is 44.7 Å². The lowest BCUT2D eigenvalue weighted by Crippen LogP contribution is -2.40. The number of hydrogen-bond acceptors (Lipinski definition) is 5. The smallest absolute Gasteiger partial charge is 0.240 e. The number of aromatic nitrogens is 2. The first-order chi connectivity index (χ1) is 11.9. The van der Waals surface area contributed by atoms with Crippen LogP contribution in [0.4, 0.5) is 0 Å². The molecule has 0 bridgehead atoms.